The van der Waals surface area contributed by atoms with E-state index in [1.165, 1.54) is 35.9 Å². The van der Waals surface area contributed by atoms with E-state index in [0.29, 0.717) is 6.04 Å². The van der Waals surface area contributed by atoms with Gasteiger partial charge in [-0.25, -0.2) is 0 Å². The molecule has 2 heteroatoms. The van der Waals surface area contributed by atoms with E-state index in [1.54, 1.807) is 0 Å². The third-order valence-corrected chi connectivity index (χ3v) is 3.19. The van der Waals surface area contributed by atoms with Crippen LogP contribution in [0.2, 0.25) is 0 Å². The lowest BCUT2D eigenvalue weighted by atomic mass is 10.0. The van der Waals surface area contributed by atoms with Gasteiger partial charge >= 0.3 is 0 Å². The zero-order chi connectivity index (χ0) is 9.38. The number of benzene rings is 1. The highest BCUT2D eigenvalue weighted by Gasteiger charge is 2.22. The number of fused-ring (bicyclic) bond motifs is 1. The molecule has 0 radical (unpaired) electrons. The molecule has 0 amide bonds. The van der Waals surface area contributed by atoms with Gasteiger partial charge in [0.05, 0.1) is 6.54 Å². The molecule has 1 saturated heterocycles. The van der Waals surface area contributed by atoms with Gasteiger partial charge in [0.1, 0.15) is 6.04 Å². The van der Waals surface area contributed by atoms with Gasteiger partial charge in [0.25, 0.3) is 0 Å². The minimum atomic E-state index is 0.686. The van der Waals surface area contributed by atoms with Gasteiger partial charge in [0.15, 0.2) is 0 Å². The Hall–Kier alpha value is -1.28. The molecule has 2 aromatic rings. The number of nitrogens with one attached hydrogen (secondary N) is 1. The van der Waals surface area contributed by atoms with Crippen molar-refractivity contribution in [2.75, 3.05) is 6.54 Å². The van der Waals surface area contributed by atoms with Gasteiger partial charge in [-0.3, -0.25) is 0 Å². The Morgan fingerprint density at radius 2 is 2.21 bits per heavy atom. The molecule has 3 rings (SSSR count). The molecule has 0 saturated carbocycles. The van der Waals surface area contributed by atoms with Crippen molar-refractivity contribution in [1.82, 2.24) is 4.98 Å². The van der Waals surface area contributed by atoms with Crippen molar-refractivity contribution in [2.24, 2.45) is 0 Å². The first-order valence-electron chi connectivity index (χ1n) is 5.34. The third kappa shape index (κ3) is 1.15. The van der Waals surface area contributed by atoms with E-state index in [9.17, 15) is 0 Å². The summed E-state index contributed by atoms with van der Waals surface area (Å²) in [6.07, 6.45) is 4.85. The normalized spacial score (nSPS) is 21.9. The van der Waals surface area contributed by atoms with E-state index >= 15 is 0 Å². The van der Waals surface area contributed by atoms with Gasteiger partial charge in [-0.2, -0.15) is 0 Å². The molecule has 2 nitrogen and oxygen atoms in total. The molecule has 1 aromatic carbocycles. The number of hydrogen-bond acceptors (Lipinski definition) is 0. The number of H-pyrrole nitrogens is 1. The predicted octanol–water partition coefficient (Wildman–Crippen LogP) is 1.57. The lowest BCUT2D eigenvalue weighted by Crippen LogP contribution is -2.81. The number of hydrogen-bond donors (Lipinski definition) is 2. The zero-order valence-corrected chi connectivity index (χ0v) is 8.16. The fourth-order valence-electron chi connectivity index (χ4n) is 2.46. The van der Waals surface area contributed by atoms with Crippen molar-refractivity contribution in [2.45, 2.75) is 18.9 Å². The standard InChI is InChI=1S/C12H14N2/c1-2-5-11-9(4-1)10(8-14-11)12-6-3-7-13-12/h1-2,4-5,8,12-14H,3,6-7H2/p+1/t12-/m1/s1. The fraction of sp³-hybridized carbons (Fsp3) is 0.333. The Kier molecular flexibility index (Phi) is 1.81. The maximum atomic E-state index is 3.35. The Labute approximate surface area is 83.3 Å². The van der Waals surface area contributed by atoms with E-state index < -0.39 is 0 Å². The van der Waals surface area contributed by atoms with Crippen LogP contribution >= 0.6 is 0 Å². The molecule has 0 spiro atoms. The zero-order valence-electron chi connectivity index (χ0n) is 8.16. The molecule has 3 N–H and O–H groups in total. The van der Waals surface area contributed by atoms with E-state index in [-0.39, 0.29) is 0 Å². The third-order valence-electron chi connectivity index (χ3n) is 3.19. The van der Waals surface area contributed by atoms with Crippen molar-refractivity contribution in [3.05, 3.63) is 36.0 Å². The molecule has 1 aliphatic heterocycles. The first-order chi connectivity index (χ1) is 6.95. The quantitative estimate of drug-likeness (QED) is 0.679. The lowest BCUT2D eigenvalue weighted by Gasteiger charge is -2.04. The summed E-state index contributed by atoms with van der Waals surface area (Å²) in [6.45, 7) is 1.28. The summed E-state index contributed by atoms with van der Waals surface area (Å²) in [4.78, 5) is 3.35. The molecular weight excluding hydrogens is 172 g/mol. The largest absolute Gasteiger partial charge is 0.361 e. The molecule has 14 heavy (non-hydrogen) atoms. The van der Waals surface area contributed by atoms with Crippen molar-refractivity contribution in [3.8, 4) is 0 Å². The maximum absolute atomic E-state index is 3.35. The second-order valence-corrected chi connectivity index (χ2v) is 4.06. The van der Waals surface area contributed by atoms with Crippen LogP contribution in [0.3, 0.4) is 0 Å². The van der Waals surface area contributed by atoms with Crippen molar-refractivity contribution in [1.29, 1.82) is 0 Å². The van der Waals surface area contributed by atoms with Crippen LogP contribution in [-0.4, -0.2) is 11.5 Å². The summed E-state index contributed by atoms with van der Waals surface area (Å²) in [6, 6.07) is 9.25. The van der Waals surface area contributed by atoms with Crippen LogP contribution in [0.4, 0.5) is 0 Å². The molecule has 1 aliphatic rings. The molecule has 1 aromatic heterocycles. The molecule has 0 bridgehead atoms. The highest BCUT2D eigenvalue weighted by molar-refractivity contribution is 5.83. The number of rotatable bonds is 1. The highest BCUT2D eigenvalue weighted by Crippen LogP contribution is 2.25. The van der Waals surface area contributed by atoms with Gasteiger partial charge in [-0.05, 0) is 6.07 Å². The van der Waals surface area contributed by atoms with Gasteiger partial charge in [0, 0.05) is 35.5 Å². The van der Waals surface area contributed by atoms with Crippen LogP contribution in [0.1, 0.15) is 24.4 Å². The Bertz CT molecular complexity index is 438. The van der Waals surface area contributed by atoms with E-state index in [4.69, 9.17) is 0 Å². The summed E-state index contributed by atoms with van der Waals surface area (Å²) in [5.74, 6) is 0. The minimum Gasteiger partial charge on any atom is -0.361 e. The summed E-state index contributed by atoms with van der Waals surface area (Å²) in [5, 5.41) is 3.85. The van der Waals surface area contributed by atoms with E-state index in [0.717, 1.165) is 0 Å². The monoisotopic (exact) mass is 187 g/mol. The SMILES string of the molecule is c1ccc2c([C@H]3CCC[NH2+]3)c[nH]c2c1. The first-order valence-corrected chi connectivity index (χ1v) is 5.34. The number of para-hydroxylation sites is 1. The van der Waals surface area contributed by atoms with Crippen molar-refractivity contribution >= 4 is 10.9 Å². The lowest BCUT2D eigenvalue weighted by molar-refractivity contribution is -0.676. The van der Waals surface area contributed by atoms with Gasteiger partial charge in [0.2, 0.25) is 0 Å². The molecular formula is C12H15N2+. The van der Waals surface area contributed by atoms with Crippen LogP contribution in [-0.2, 0) is 0 Å². The van der Waals surface area contributed by atoms with Gasteiger partial charge < -0.3 is 10.3 Å². The Balaban J connectivity index is 2.11. The molecule has 1 fully saturated rings. The molecule has 0 aliphatic carbocycles. The Morgan fingerprint density at radius 3 is 3.07 bits per heavy atom. The van der Waals surface area contributed by atoms with Crippen LogP contribution in [0, 0.1) is 0 Å². The van der Waals surface area contributed by atoms with Gasteiger partial charge in [-0.15, -0.1) is 0 Å². The molecule has 1 atom stereocenters. The van der Waals surface area contributed by atoms with Crippen LogP contribution in [0.15, 0.2) is 30.5 Å². The molecule has 72 valence electrons. The van der Waals surface area contributed by atoms with Gasteiger partial charge in [-0.1, -0.05) is 18.2 Å². The van der Waals surface area contributed by atoms with Crippen LogP contribution in [0.5, 0.6) is 0 Å². The average Bonchev–Trinajstić information content (AvgIpc) is 2.85. The number of aromatic nitrogens is 1. The number of quaternary nitrogens is 1. The second-order valence-electron chi connectivity index (χ2n) is 4.06. The van der Waals surface area contributed by atoms with Crippen molar-refractivity contribution < 1.29 is 5.32 Å². The Morgan fingerprint density at radius 1 is 1.29 bits per heavy atom. The minimum absolute atomic E-state index is 0.686. The molecule has 0 unspecified atom stereocenters. The van der Waals surface area contributed by atoms with E-state index in [2.05, 4.69) is 40.8 Å². The second kappa shape index (κ2) is 3.14. The highest BCUT2D eigenvalue weighted by atomic mass is 14.9. The fourth-order valence-corrected chi connectivity index (χ4v) is 2.46. The topological polar surface area (TPSA) is 32.4 Å². The van der Waals surface area contributed by atoms with E-state index in [1.807, 2.05) is 0 Å². The maximum Gasteiger partial charge on any atom is 0.114 e. The summed E-state index contributed by atoms with van der Waals surface area (Å²) < 4.78 is 0. The van der Waals surface area contributed by atoms with Crippen LogP contribution < -0.4 is 5.32 Å². The summed E-state index contributed by atoms with van der Waals surface area (Å²) in [7, 11) is 0. The number of aromatic amines is 1. The summed E-state index contributed by atoms with van der Waals surface area (Å²) >= 11 is 0. The van der Waals surface area contributed by atoms with Crippen LogP contribution in [0.25, 0.3) is 10.9 Å². The first kappa shape index (κ1) is 8.06. The molecule has 2 heterocycles. The predicted molar refractivity (Wildman–Crippen MR) is 57.1 cm³/mol. The number of nitrogens with two attached hydrogens (primary N) is 1. The van der Waals surface area contributed by atoms with Crippen molar-refractivity contribution in [3.63, 3.8) is 0 Å². The smallest absolute Gasteiger partial charge is 0.114 e. The summed E-state index contributed by atoms with van der Waals surface area (Å²) in [5.41, 5.74) is 2.75. The average molecular weight is 187 g/mol.